The topological polar surface area (TPSA) is 51.2 Å². The van der Waals surface area contributed by atoms with Crippen molar-refractivity contribution in [2.75, 3.05) is 6.54 Å². The maximum Gasteiger partial charge on any atom is 0.377 e. The van der Waals surface area contributed by atoms with Gasteiger partial charge in [0.2, 0.25) is 0 Å². The summed E-state index contributed by atoms with van der Waals surface area (Å²) in [4.78, 5) is 16.1. The van der Waals surface area contributed by atoms with Gasteiger partial charge in [0.25, 0.3) is 0 Å². The van der Waals surface area contributed by atoms with Crippen LogP contribution in [0.4, 0.5) is 8.78 Å². The third kappa shape index (κ3) is 2.84. The first-order valence-electron chi connectivity index (χ1n) is 5.63. The fraction of sp³-hybridized carbons (Fsp3) is 0.636. The van der Waals surface area contributed by atoms with E-state index in [0.717, 1.165) is 9.88 Å². The molecule has 2 unspecified atom stereocenters. The van der Waals surface area contributed by atoms with Crippen molar-refractivity contribution in [2.24, 2.45) is 0 Å². The van der Waals surface area contributed by atoms with Gasteiger partial charge in [-0.05, 0) is 13.8 Å². The lowest BCUT2D eigenvalue weighted by Crippen LogP contribution is -2.29. The summed E-state index contributed by atoms with van der Waals surface area (Å²) in [6, 6.07) is -0.0448. The van der Waals surface area contributed by atoms with Gasteiger partial charge in [0.05, 0.1) is 12.5 Å². The molecular weight excluding hydrogens is 262 g/mol. The number of ether oxygens (including phenoxy) is 1. The zero-order valence-electron chi connectivity index (χ0n) is 10.1. The van der Waals surface area contributed by atoms with E-state index in [0.29, 0.717) is 0 Å². The molecule has 7 heteroatoms. The number of carbonyl (C=O) groups is 1. The van der Waals surface area contributed by atoms with Crippen molar-refractivity contribution >= 4 is 17.3 Å². The van der Waals surface area contributed by atoms with Gasteiger partial charge in [-0.3, -0.25) is 0 Å². The van der Waals surface area contributed by atoms with E-state index in [9.17, 15) is 13.6 Å². The van der Waals surface area contributed by atoms with E-state index in [-0.39, 0.29) is 12.6 Å². The first kappa shape index (κ1) is 13.4. The van der Waals surface area contributed by atoms with E-state index in [1.54, 1.807) is 17.5 Å². The van der Waals surface area contributed by atoms with Crippen molar-refractivity contribution in [3.05, 3.63) is 16.1 Å². The highest BCUT2D eigenvalue weighted by atomic mass is 32.1. The van der Waals surface area contributed by atoms with Crippen LogP contribution in [0.15, 0.2) is 6.20 Å². The van der Waals surface area contributed by atoms with Crippen LogP contribution < -0.4 is 5.32 Å². The number of aryl methyl sites for hydroxylation is 1. The van der Waals surface area contributed by atoms with Gasteiger partial charge in [-0.15, -0.1) is 11.3 Å². The van der Waals surface area contributed by atoms with Gasteiger partial charge < -0.3 is 10.1 Å². The minimum absolute atomic E-state index is 0.0448. The largest absolute Gasteiger partial charge is 0.456 e. The molecule has 2 heterocycles. The summed E-state index contributed by atoms with van der Waals surface area (Å²) < 4.78 is 30.5. The lowest BCUT2D eigenvalue weighted by atomic mass is 10.2. The van der Waals surface area contributed by atoms with Crippen LogP contribution in [-0.2, 0) is 9.53 Å². The summed E-state index contributed by atoms with van der Waals surface area (Å²) in [6.07, 6.45) is 0.445. The molecule has 1 aromatic rings. The van der Waals surface area contributed by atoms with Crippen LogP contribution in [0.2, 0.25) is 0 Å². The number of hydrogen-bond donors (Lipinski definition) is 1. The van der Waals surface area contributed by atoms with E-state index >= 15 is 0 Å². The SMILES string of the molecule is Cc1cnc(C(C)NCC2CC(F)(F)C(=O)O2)s1. The minimum Gasteiger partial charge on any atom is -0.456 e. The average molecular weight is 276 g/mol. The number of halogens is 2. The quantitative estimate of drug-likeness (QED) is 0.855. The van der Waals surface area contributed by atoms with Crippen LogP contribution in [0.5, 0.6) is 0 Å². The third-order valence-corrected chi connectivity index (χ3v) is 3.81. The second kappa shape index (κ2) is 4.89. The molecule has 2 atom stereocenters. The molecule has 1 saturated heterocycles. The monoisotopic (exact) mass is 276 g/mol. The van der Waals surface area contributed by atoms with E-state index in [1.165, 1.54) is 0 Å². The van der Waals surface area contributed by atoms with Crippen LogP contribution in [0.1, 0.15) is 29.3 Å². The molecule has 1 aliphatic rings. The number of aromatic nitrogens is 1. The molecule has 1 aromatic heterocycles. The molecule has 0 spiro atoms. The second-order valence-corrected chi connectivity index (χ2v) is 5.64. The van der Waals surface area contributed by atoms with E-state index < -0.39 is 24.4 Å². The molecular formula is C11H14F2N2O2S. The molecule has 1 aliphatic heterocycles. The van der Waals surface area contributed by atoms with Gasteiger partial charge in [-0.25, -0.2) is 9.78 Å². The number of nitrogens with zero attached hydrogens (tertiary/aromatic N) is 1. The predicted molar refractivity (Wildman–Crippen MR) is 62.7 cm³/mol. The number of thiazole rings is 1. The molecule has 1 fully saturated rings. The van der Waals surface area contributed by atoms with Crippen molar-refractivity contribution in [1.29, 1.82) is 0 Å². The molecule has 18 heavy (non-hydrogen) atoms. The van der Waals surface area contributed by atoms with Crippen molar-refractivity contribution in [3.8, 4) is 0 Å². The van der Waals surface area contributed by atoms with Crippen LogP contribution in [0.25, 0.3) is 0 Å². The molecule has 2 rings (SSSR count). The molecule has 100 valence electrons. The van der Waals surface area contributed by atoms with Crippen LogP contribution in [0, 0.1) is 6.92 Å². The number of alkyl halides is 2. The zero-order valence-corrected chi connectivity index (χ0v) is 10.9. The first-order chi connectivity index (χ1) is 8.38. The average Bonchev–Trinajstić information content (AvgIpc) is 2.81. The van der Waals surface area contributed by atoms with Crippen LogP contribution >= 0.6 is 11.3 Å². The van der Waals surface area contributed by atoms with Crippen LogP contribution in [-0.4, -0.2) is 29.5 Å². The Kier molecular flexibility index (Phi) is 3.63. The molecule has 0 radical (unpaired) electrons. The molecule has 4 nitrogen and oxygen atoms in total. The Balaban J connectivity index is 1.84. The number of nitrogens with one attached hydrogen (secondary N) is 1. The summed E-state index contributed by atoms with van der Waals surface area (Å²) in [7, 11) is 0. The highest BCUT2D eigenvalue weighted by molar-refractivity contribution is 7.11. The highest BCUT2D eigenvalue weighted by Gasteiger charge is 2.50. The highest BCUT2D eigenvalue weighted by Crippen LogP contribution is 2.30. The van der Waals surface area contributed by atoms with E-state index in [1.807, 2.05) is 13.8 Å². The minimum atomic E-state index is -3.34. The van der Waals surface area contributed by atoms with E-state index in [2.05, 4.69) is 15.0 Å². The molecule has 0 aromatic carbocycles. The smallest absolute Gasteiger partial charge is 0.377 e. The van der Waals surface area contributed by atoms with Crippen molar-refractivity contribution < 1.29 is 18.3 Å². The van der Waals surface area contributed by atoms with Gasteiger partial charge >= 0.3 is 11.9 Å². The summed E-state index contributed by atoms with van der Waals surface area (Å²) in [5.74, 6) is -4.76. The second-order valence-electron chi connectivity index (χ2n) is 4.37. The van der Waals surface area contributed by atoms with Crippen molar-refractivity contribution in [3.63, 3.8) is 0 Å². The molecule has 0 bridgehead atoms. The lowest BCUT2D eigenvalue weighted by molar-refractivity contribution is -0.159. The predicted octanol–water partition coefficient (Wildman–Crippen LogP) is 2.05. The zero-order chi connectivity index (χ0) is 13.3. The third-order valence-electron chi connectivity index (χ3n) is 2.72. The van der Waals surface area contributed by atoms with Gasteiger partial charge in [0, 0.05) is 17.6 Å². The Labute approximate surface area is 107 Å². The normalized spacial score (nSPS) is 24.0. The fourth-order valence-corrected chi connectivity index (χ4v) is 2.53. The standard InChI is InChI=1S/C11H14F2N2O2S/c1-6-4-15-9(18-6)7(2)14-5-8-3-11(12,13)10(16)17-8/h4,7-8,14H,3,5H2,1-2H3. The van der Waals surface area contributed by atoms with Gasteiger partial charge in [0.1, 0.15) is 11.1 Å². The Morgan fingerprint density at radius 2 is 2.44 bits per heavy atom. The summed E-state index contributed by atoms with van der Waals surface area (Å²) >= 11 is 1.55. The van der Waals surface area contributed by atoms with E-state index in [4.69, 9.17) is 0 Å². The lowest BCUT2D eigenvalue weighted by Gasteiger charge is -2.14. The number of hydrogen-bond acceptors (Lipinski definition) is 5. The van der Waals surface area contributed by atoms with Crippen molar-refractivity contribution in [1.82, 2.24) is 10.3 Å². The van der Waals surface area contributed by atoms with Gasteiger partial charge in [0.15, 0.2) is 0 Å². The number of cyclic esters (lactones) is 1. The number of esters is 1. The number of carbonyl (C=O) groups excluding carboxylic acids is 1. The molecule has 1 N–H and O–H groups in total. The maximum absolute atomic E-state index is 12.9. The summed E-state index contributed by atoms with van der Waals surface area (Å²) in [5, 5.41) is 3.94. The first-order valence-corrected chi connectivity index (χ1v) is 6.45. The fourth-order valence-electron chi connectivity index (χ4n) is 1.73. The van der Waals surface area contributed by atoms with Crippen LogP contribution in [0.3, 0.4) is 0 Å². The Hall–Kier alpha value is -1.08. The molecule has 0 amide bonds. The molecule has 0 aliphatic carbocycles. The Bertz CT molecular complexity index is 450. The number of rotatable bonds is 4. The molecule has 0 saturated carbocycles. The van der Waals surface area contributed by atoms with Gasteiger partial charge in [-0.2, -0.15) is 8.78 Å². The maximum atomic E-state index is 12.9. The Morgan fingerprint density at radius 1 is 1.72 bits per heavy atom. The van der Waals surface area contributed by atoms with Gasteiger partial charge in [-0.1, -0.05) is 0 Å². The Morgan fingerprint density at radius 3 is 2.94 bits per heavy atom. The van der Waals surface area contributed by atoms with Crippen molar-refractivity contribution in [2.45, 2.75) is 38.3 Å². The summed E-state index contributed by atoms with van der Waals surface area (Å²) in [5.41, 5.74) is 0. The summed E-state index contributed by atoms with van der Waals surface area (Å²) in [6.45, 7) is 4.06.